The molecule has 0 saturated heterocycles. The van der Waals surface area contributed by atoms with Crippen molar-refractivity contribution in [1.29, 1.82) is 0 Å². The molecule has 0 atom stereocenters. The minimum absolute atomic E-state index is 0.124. The lowest BCUT2D eigenvalue weighted by Gasteiger charge is -2.09. The maximum atomic E-state index is 12.6. The molecule has 2 aromatic rings. The summed E-state index contributed by atoms with van der Waals surface area (Å²) in [5, 5.41) is 5.22. The van der Waals surface area contributed by atoms with Crippen molar-refractivity contribution in [2.45, 2.75) is 90.5 Å². The van der Waals surface area contributed by atoms with Gasteiger partial charge in [-0.15, -0.1) is 0 Å². The van der Waals surface area contributed by atoms with Crippen LogP contribution in [0.4, 0.5) is 13.2 Å². The van der Waals surface area contributed by atoms with Crippen LogP contribution in [0.2, 0.25) is 0 Å². The molecule has 0 saturated carbocycles. The standard InChI is InChI=1S/C30H39F3N2O4/c1-2-3-4-5-6-7-8-9-10-11-19-34-27(36)25-14-12-13-24(20-25)22-39-29(38)28(37)35-21-23-15-17-26(18-16-23)30(31,32)33/h12-18,20H,2-11,19,21-22H2,1H3,(H,34,36)(H,35,37). The van der Waals surface area contributed by atoms with E-state index in [0.29, 0.717) is 23.2 Å². The van der Waals surface area contributed by atoms with Crippen LogP contribution in [0.25, 0.3) is 0 Å². The van der Waals surface area contributed by atoms with E-state index < -0.39 is 23.6 Å². The van der Waals surface area contributed by atoms with E-state index in [1.807, 2.05) is 0 Å². The third kappa shape index (κ3) is 12.8. The van der Waals surface area contributed by atoms with Gasteiger partial charge in [0, 0.05) is 18.7 Å². The van der Waals surface area contributed by atoms with Gasteiger partial charge in [0.1, 0.15) is 6.61 Å². The summed E-state index contributed by atoms with van der Waals surface area (Å²) in [6.07, 6.45) is 7.75. The molecule has 2 rings (SSSR count). The molecule has 2 N–H and O–H groups in total. The number of hydrogen-bond donors (Lipinski definition) is 2. The van der Waals surface area contributed by atoms with Crippen LogP contribution in [-0.2, 0) is 33.7 Å². The van der Waals surface area contributed by atoms with Crippen molar-refractivity contribution in [2.24, 2.45) is 0 Å². The van der Waals surface area contributed by atoms with E-state index in [-0.39, 0.29) is 19.1 Å². The van der Waals surface area contributed by atoms with E-state index in [9.17, 15) is 27.6 Å². The molecule has 0 aliphatic rings. The maximum absolute atomic E-state index is 12.6. The average Bonchev–Trinajstić information content (AvgIpc) is 2.93. The predicted molar refractivity (Wildman–Crippen MR) is 144 cm³/mol. The normalized spacial score (nSPS) is 11.2. The van der Waals surface area contributed by atoms with Crippen LogP contribution >= 0.6 is 0 Å². The summed E-state index contributed by atoms with van der Waals surface area (Å²) in [7, 11) is 0. The molecule has 2 amide bonds. The van der Waals surface area contributed by atoms with Gasteiger partial charge in [0.15, 0.2) is 0 Å². The Bertz CT molecular complexity index is 1040. The molecular weight excluding hydrogens is 509 g/mol. The number of ether oxygens (including phenoxy) is 1. The number of amides is 2. The van der Waals surface area contributed by atoms with Crippen LogP contribution in [0.15, 0.2) is 48.5 Å². The first-order valence-corrected chi connectivity index (χ1v) is 13.7. The molecule has 0 radical (unpaired) electrons. The molecule has 0 aromatic heterocycles. The fraction of sp³-hybridized carbons (Fsp3) is 0.500. The van der Waals surface area contributed by atoms with Crippen molar-refractivity contribution in [3.05, 3.63) is 70.8 Å². The Hall–Kier alpha value is -3.36. The van der Waals surface area contributed by atoms with Crippen molar-refractivity contribution >= 4 is 17.8 Å². The van der Waals surface area contributed by atoms with Crippen molar-refractivity contribution in [1.82, 2.24) is 10.6 Å². The van der Waals surface area contributed by atoms with E-state index in [2.05, 4.69) is 17.6 Å². The highest BCUT2D eigenvalue weighted by Gasteiger charge is 2.30. The second kappa shape index (κ2) is 17.3. The van der Waals surface area contributed by atoms with Gasteiger partial charge in [0.2, 0.25) is 0 Å². The van der Waals surface area contributed by atoms with Gasteiger partial charge in [0.05, 0.1) is 5.56 Å². The Morgan fingerprint density at radius 3 is 2.00 bits per heavy atom. The summed E-state index contributed by atoms with van der Waals surface area (Å²) in [6.45, 7) is 2.48. The van der Waals surface area contributed by atoms with Crippen LogP contribution < -0.4 is 10.6 Å². The van der Waals surface area contributed by atoms with E-state index >= 15 is 0 Å². The average molecular weight is 549 g/mol. The van der Waals surface area contributed by atoms with Crippen molar-refractivity contribution in [3.63, 3.8) is 0 Å². The number of alkyl halides is 3. The topological polar surface area (TPSA) is 84.5 Å². The summed E-state index contributed by atoms with van der Waals surface area (Å²) in [4.78, 5) is 36.5. The molecule has 0 bridgehead atoms. The first-order valence-electron chi connectivity index (χ1n) is 13.7. The molecule has 214 valence electrons. The number of hydrogen-bond acceptors (Lipinski definition) is 4. The molecule has 0 aliphatic carbocycles. The highest BCUT2D eigenvalue weighted by atomic mass is 19.4. The van der Waals surface area contributed by atoms with E-state index in [1.165, 1.54) is 63.5 Å². The van der Waals surface area contributed by atoms with Crippen LogP contribution in [-0.4, -0.2) is 24.3 Å². The molecule has 2 aromatic carbocycles. The number of carbonyl (C=O) groups excluding carboxylic acids is 3. The zero-order valence-corrected chi connectivity index (χ0v) is 22.6. The van der Waals surface area contributed by atoms with Crippen molar-refractivity contribution < 1.29 is 32.3 Å². The number of benzene rings is 2. The van der Waals surface area contributed by atoms with Gasteiger partial charge in [-0.05, 0) is 41.8 Å². The molecule has 0 fully saturated rings. The van der Waals surface area contributed by atoms with E-state index in [1.54, 1.807) is 24.3 Å². The minimum Gasteiger partial charge on any atom is -0.454 e. The maximum Gasteiger partial charge on any atom is 0.416 e. The number of halogens is 3. The predicted octanol–water partition coefficient (Wildman–Crippen LogP) is 6.72. The third-order valence-electron chi connectivity index (χ3n) is 6.29. The Balaban J connectivity index is 1.64. The molecule has 0 unspecified atom stereocenters. The SMILES string of the molecule is CCCCCCCCCCCCNC(=O)c1cccc(COC(=O)C(=O)NCc2ccc(C(F)(F)F)cc2)c1. The van der Waals surface area contributed by atoms with E-state index in [4.69, 9.17) is 4.74 Å². The summed E-state index contributed by atoms with van der Waals surface area (Å²) in [5.74, 6) is -2.36. The lowest BCUT2D eigenvalue weighted by molar-refractivity contribution is -0.155. The second-order valence-electron chi connectivity index (χ2n) is 9.59. The van der Waals surface area contributed by atoms with Gasteiger partial charge in [-0.25, -0.2) is 4.79 Å². The zero-order chi connectivity index (χ0) is 28.5. The first-order chi connectivity index (χ1) is 18.7. The lowest BCUT2D eigenvalue weighted by Crippen LogP contribution is -2.32. The van der Waals surface area contributed by atoms with E-state index in [0.717, 1.165) is 25.0 Å². The minimum atomic E-state index is -4.45. The number of rotatable bonds is 16. The van der Waals surface area contributed by atoms with Gasteiger partial charge in [-0.1, -0.05) is 89.0 Å². The summed E-state index contributed by atoms with van der Waals surface area (Å²) in [6, 6.07) is 10.9. The lowest BCUT2D eigenvalue weighted by atomic mass is 10.1. The fourth-order valence-corrected chi connectivity index (χ4v) is 4.00. The first kappa shape index (κ1) is 31.9. The smallest absolute Gasteiger partial charge is 0.416 e. The monoisotopic (exact) mass is 548 g/mol. The van der Waals surface area contributed by atoms with Gasteiger partial charge < -0.3 is 15.4 Å². The Labute approximate surface area is 228 Å². The fourth-order valence-electron chi connectivity index (χ4n) is 4.00. The molecule has 9 heteroatoms. The van der Waals surface area contributed by atoms with Crippen LogP contribution in [0.3, 0.4) is 0 Å². The van der Waals surface area contributed by atoms with Gasteiger partial charge >= 0.3 is 18.1 Å². The zero-order valence-electron chi connectivity index (χ0n) is 22.6. The van der Waals surface area contributed by atoms with Crippen LogP contribution in [0.1, 0.15) is 98.2 Å². The number of nitrogens with one attached hydrogen (secondary N) is 2. The van der Waals surface area contributed by atoms with Gasteiger partial charge in [-0.3, -0.25) is 9.59 Å². The van der Waals surface area contributed by atoms with Crippen LogP contribution in [0.5, 0.6) is 0 Å². The molecule has 0 aliphatic heterocycles. The molecule has 0 spiro atoms. The number of unbranched alkanes of at least 4 members (excludes halogenated alkanes) is 9. The summed E-state index contributed by atoms with van der Waals surface area (Å²) >= 11 is 0. The highest BCUT2D eigenvalue weighted by Crippen LogP contribution is 2.29. The van der Waals surface area contributed by atoms with Gasteiger partial charge in [0.25, 0.3) is 5.91 Å². The number of carbonyl (C=O) groups is 3. The van der Waals surface area contributed by atoms with Crippen molar-refractivity contribution in [3.8, 4) is 0 Å². The quantitative estimate of drug-likeness (QED) is 0.139. The highest BCUT2D eigenvalue weighted by molar-refractivity contribution is 6.32. The molecule has 39 heavy (non-hydrogen) atoms. The Morgan fingerprint density at radius 1 is 0.769 bits per heavy atom. The molecule has 6 nitrogen and oxygen atoms in total. The summed E-state index contributed by atoms with van der Waals surface area (Å²) in [5.41, 5.74) is 0.584. The molecule has 0 heterocycles. The Morgan fingerprint density at radius 2 is 1.38 bits per heavy atom. The second-order valence-corrected chi connectivity index (χ2v) is 9.59. The number of esters is 1. The van der Waals surface area contributed by atoms with Gasteiger partial charge in [-0.2, -0.15) is 13.2 Å². The third-order valence-corrected chi connectivity index (χ3v) is 6.29. The Kier molecular flexibility index (Phi) is 14.1. The molecular formula is C30H39F3N2O4. The van der Waals surface area contributed by atoms with Crippen LogP contribution in [0, 0.1) is 0 Å². The van der Waals surface area contributed by atoms with Crippen molar-refractivity contribution in [2.75, 3.05) is 6.54 Å². The largest absolute Gasteiger partial charge is 0.454 e. The summed E-state index contributed by atoms with van der Waals surface area (Å²) < 4.78 is 42.9.